The quantitative estimate of drug-likeness (QED) is 0.361. The van der Waals surface area contributed by atoms with Crippen molar-refractivity contribution in [2.24, 2.45) is 5.10 Å². The minimum atomic E-state index is -0.464. The molecule has 108 valence electrons. The number of hydrazone groups is 1. The van der Waals surface area contributed by atoms with Crippen LogP contribution in [0.2, 0.25) is 5.02 Å². The number of aromatic hydroxyl groups is 1. The number of nitrogens with zero attached hydrogens (tertiary/aromatic N) is 1. The third-order valence-electron chi connectivity index (χ3n) is 2.52. The van der Waals surface area contributed by atoms with E-state index in [-0.39, 0.29) is 11.3 Å². The molecule has 0 bridgehead atoms. The summed E-state index contributed by atoms with van der Waals surface area (Å²) in [5.41, 5.74) is 3.39. The van der Waals surface area contributed by atoms with Gasteiger partial charge in [0.25, 0.3) is 5.91 Å². The van der Waals surface area contributed by atoms with E-state index in [1.165, 1.54) is 6.21 Å². The van der Waals surface area contributed by atoms with Gasteiger partial charge in [-0.05, 0) is 75.0 Å². The maximum absolute atomic E-state index is 12.0. The first-order chi connectivity index (χ1) is 9.97. The second kappa shape index (κ2) is 7.41. The highest BCUT2D eigenvalue weighted by atomic mass is 127. The van der Waals surface area contributed by atoms with Crippen molar-refractivity contribution in [2.45, 2.75) is 0 Å². The maximum Gasteiger partial charge on any atom is 0.275 e. The van der Waals surface area contributed by atoms with Crippen LogP contribution < -0.4 is 5.43 Å². The summed E-state index contributed by atoms with van der Waals surface area (Å²) in [5, 5.41) is 14.4. The summed E-state index contributed by atoms with van der Waals surface area (Å²) in [6, 6.07) is 10.4. The lowest BCUT2D eigenvalue weighted by molar-refractivity contribution is 0.0952. The normalized spacial score (nSPS) is 10.8. The van der Waals surface area contributed by atoms with Crippen molar-refractivity contribution in [2.75, 3.05) is 0 Å². The first kappa shape index (κ1) is 16.5. The average Bonchev–Trinajstić information content (AvgIpc) is 2.44. The Kier molecular flexibility index (Phi) is 5.82. The van der Waals surface area contributed by atoms with Gasteiger partial charge in [-0.15, -0.1) is 0 Å². The average molecular weight is 526 g/mol. The molecular formula is C14H9ClI2N2O2. The van der Waals surface area contributed by atoms with E-state index in [1.54, 1.807) is 36.4 Å². The molecule has 0 unspecified atom stereocenters. The predicted octanol–water partition coefficient (Wildman–Crippen LogP) is 4.02. The molecule has 0 aliphatic carbocycles. The van der Waals surface area contributed by atoms with Crippen LogP contribution in [0.15, 0.2) is 41.5 Å². The molecule has 0 heterocycles. The van der Waals surface area contributed by atoms with Gasteiger partial charge in [-0.25, -0.2) is 5.43 Å². The van der Waals surface area contributed by atoms with Gasteiger partial charge in [-0.1, -0.05) is 23.7 Å². The van der Waals surface area contributed by atoms with E-state index in [4.69, 9.17) is 11.6 Å². The largest absolute Gasteiger partial charge is 0.506 e. The molecular weight excluding hydrogens is 517 g/mol. The van der Waals surface area contributed by atoms with E-state index in [0.29, 0.717) is 8.59 Å². The molecule has 0 fully saturated rings. The second-order valence-electron chi connectivity index (χ2n) is 4.03. The zero-order valence-corrected chi connectivity index (χ0v) is 15.5. The Morgan fingerprint density at radius 2 is 1.90 bits per heavy atom. The summed E-state index contributed by atoms with van der Waals surface area (Å²) in [6.45, 7) is 0. The number of carbonyl (C=O) groups is 1. The number of nitrogens with one attached hydrogen (secondary N) is 1. The first-order valence-corrected chi connectivity index (χ1v) is 8.28. The minimum absolute atomic E-state index is 0.0461. The molecule has 0 spiro atoms. The third kappa shape index (κ3) is 4.55. The first-order valence-electron chi connectivity index (χ1n) is 5.74. The molecule has 2 aromatic carbocycles. The molecule has 0 saturated carbocycles. The molecule has 7 heteroatoms. The number of amides is 1. The lowest BCUT2D eigenvalue weighted by Gasteiger charge is -2.05. The van der Waals surface area contributed by atoms with Crippen LogP contribution in [0.5, 0.6) is 5.75 Å². The SMILES string of the molecule is O=C(NN=Cc1ccc(Cl)cc1)c1cc(I)cc(I)c1O. The number of halogens is 3. The molecule has 0 radical (unpaired) electrons. The van der Waals surface area contributed by atoms with Crippen LogP contribution in [0, 0.1) is 7.14 Å². The van der Waals surface area contributed by atoms with Crippen LogP contribution in [0.3, 0.4) is 0 Å². The van der Waals surface area contributed by atoms with E-state index < -0.39 is 5.91 Å². The highest BCUT2D eigenvalue weighted by Crippen LogP contribution is 2.26. The summed E-state index contributed by atoms with van der Waals surface area (Å²) in [4.78, 5) is 12.0. The molecule has 2 N–H and O–H groups in total. The molecule has 0 saturated heterocycles. The Balaban J connectivity index is 2.10. The highest BCUT2D eigenvalue weighted by Gasteiger charge is 2.14. The molecule has 0 aliphatic rings. The van der Waals surface area contributed by atoms with Crippen LogP contribution in [0.4, 0.5) is 0 Å². The van der Waals surface area contributed by atoms with Gasteiger partial charge >= 0.3 is 0 Å². The Bertz CT molecular complexity index is 703. The molecule has 1 amide bonds. The van der Waals surface area contributed by atoms with E-state index in [0.717, 1.165) is 9.13 Å². The molecule has 0 atom stereocenters. The topological polar surface area (TPSA) is 61.7 Å². The van der Waals surface area contributed by atoms with Crippen molar-refractivity contribution in [3.05, 3.63) is 59.7 Å². The van der Waals surface area contributed by atoms with Crippen molar-refractivity contribution in [1.82, 2.24) is 5.43 Å². The van der Waals surface area contributed by atoms with E-state index >= 15 is 0 Å². The van der Waals surface area contributed by atoms with Crippen molar-refractivity contribution in [3.8, 4) is 5.75 Å². The second-order valence-corrected chi connectivity index (χ2v) is 6.88. The van der Waals surface area contributed by atoms with Gasteiger partial charge in [-0.3, -0.25) is 4.79 Å². The highest BCUT2D eigenvalue weighted by molar-refractivity contribution is 14.1. The monoisotopic (exact) mass is 526 g/mol. The fraction of sp³-hybridized carbons (Fsp3) is 0. The number of phenols is 1. The number of hydrogen-bond donors (Lipinski definition) is 2. The van der Waals surface area contributed by atoms with Gasteiger partial charge in [0.15, 0.2) is 0 Å². The predicted molar refractivity (Wildman–Crippen MR) is 100 cm³/mol. The summed E-state index contributed by atoms with van der Waals surface area (Å²) < 4.78 is 1.48. The van der Waals surface area contributed by atoms with Gasteiger partial charge in [0.05, 0.1) is 15.3 Å². The number of benzene rings is 2. The van der Waals surface area contributed by atoms with Crippen molar-refractivity contribution in [3.63, 3.8) is 0 Å². The Hall–Kier alpha value is -0.870. The lowest BCUT2D eigenvalue weighted by Crippen LogP contribution is -2.18. The summed E-state index contributed by atoms with van der Waals surface area (Å²) >= 11 is 9.84. The van der Waals surface area contributed by atoms with Crippen LogP contribution in [-0.2, 0) is 0 Å². The van der Waals surface area contributed by atoms with Crippen molar-refractivity contribution >= 4 is 68.9 Å². The van der Waals surface area contributed by atoms with E-state index in [9.17, 15) is 9.90 Å². The van der Waals surface area contributed by atoms with Gasteiger partial charge in [0, 0.05) is 8.59 Å². The van der Waals surface area contributed by atoms with Gasteiger partial charge < -0.3 is 5.11 Å². The summed E-state index contributed by atoms with van der Waals surface area (Å²) in [7, 11) is 0. The number of hydrogen-bond acceptors (Lipinski definition) is 3. The minimum Gasteiger partial charge on any atom is -0.506 e. The van der Waals surface area contributed by atoms with E-state index in [1.807, 2.05) is 22.6 Å². The van der Waals surface area contributed by atoms with Gasteiger partial charge in [-0.2, -0.15) is 5.10 Å². The zero-order chi connectivity index (χ0) is 15.4. The third-order valence-corrected chi connectivity index (χ3v) is 4.22. The zero-order valence-electron chi connectivity index (χ0n) is 10.5. The summed E-state index contributed by atoms with van der Waals surface area (Å²) in [5.74, 6) is -0.510. The summed E-state index contributed by atoms with van der Waals surface area (Å²) in [6.07, 6.45) is 1.50. The van der Waals surface area contributed by atoms with Crippen LogP contribution in [0.25, 0.3) is 0 Å². The van der Waals surface area contributed by atoms with Crippen LogP contribution >= 0.6 is 56.8 Å². The maximum atomic E-state index is 12.0. The fourth-order valence-electron chi connectivity index (χ4n) is 1.51. The number of rotatable bonds is 3. The number of phenolic OH excluding ortho intramolecular Hbond substituents is 1. The Morgan fingerprint density at radius 3 is 2.57 bits per heavy atom. The fourth-order valence-corrected chi connectivity index (χ4v) is 3.48. The van der Waals surface area contributed by atoms with Crippen molar-refractivity contribution < 1.29 is 9.90 Å². The van der Waals surface area contributed by atoms with Crippen molar-refractivity contribution in [1.29, 1.82) is 0 Å². The van der Waals surface area contributed by atoms with Gasteiger partial charge in [0.2, 0.25) is 0 Å². The molecule has 2 rings (SSSR count). The number of carbonyl (C=O) groups excluding carboxylic acids is 1. The Labute approximate surface area is 153 Å². The molecule has 2 aromatic rings. The van der Waals surface area contributed by atoms with Crippen LogP contribution in [-0.4, -0.2) is 17.2 Å². The van der Waals surface area contributed by atoms with E-state index in [2.05, 4.69) is 33.1 Å². The van der Waals surface area contributed by atoms with Gasteiger partial charge in [0.1, 0.15) is 5.75 Å². The molecule has 4 nitrogen and oxygen atoms in total. The Morgan fingerprint density at radius 1 is 1.24 bits per heavy atom. The van der Waals surface area contributed by atoms with Crippen LogP contribution in [0.1, 0.15) is 15.9 Å². The molecule has 0 aliphatic heterocycles. The smallest absolute Gasteiger partial charge is 0.275 e. The molecule has 0 aromatic heterocycles. The standard InChI is InChI=1S/C14H9ClI2N2O2/c15-9-3-1-8(2-4-9)7-18-19-14(21)11-5-10(16)6-12(17)13(11)20/h1-7,20H,(H,19,21). The molecule has 21 heavy (non-hydrogen) atoms. The lowest BCUT2D eigenvalue weighted by atomic mass is 10.2.